The molecule has 2 N–H and O–H groups in total. The number of hydrogen-bond acceptors (Lipinski definition) is 2. The monoisotopic (exact) mass is 606 g/mol. The van der Waals surface area contributed by atoms with Crippen LogP contribution in [0.1, 0.15) is 125 Å². The molecule has 0 spiro atoms. The van der Waals surface area contributed by atoms with Crippen molar-refractivity contribution in [3.05, 3.63) is 11.6 Å². The minimum atomic E-state index is -1.17. The Hall–Kier alpha value is -0.840. The molecule has 222 valence electrons. The quantitative estimate of drug-likeness (QED) is 0.171. The zero-order chi connectivity index (χ0) is 28.6. The maximum Gasteiger partial charge on any atom is 0.310 e. The van der Waals surface area contributed by atoms with Crippen molar-refractivity contribution in [1.29, 1.82) is 0 Å². The normalized spacial score (nSPS) is 38.2. The number of halogens is 1. The van der Waals surface area contributed by atoms with Crippen molar-refractivity contribution >= 4 is 27.9 Å². The average Bonchev–Trinajstić information content (AvgIpc) is 3.22. The summed E-state index contributed by atoms with van der Waals surface area (Å²) < 4.78 is 0. The third kappa shape index (κ3) is 5.78. The highest BCUT2D eigenvalue weighted by atomic mass is 79.9. The van der Waals surface area contributed by atoms with Crippen LogP contribution in [0.5, 0.6) is 0 Å². The second kappa shape index (κ2) is 12.2. The molecule has 4 nitrogen and oxygen atoms in total. The van der Waals surface area contributed by atoms with Crippen LogP contribution in [0, 0.1) is 57.7 Å². The molecule has 0 aromatic carbocycles. The van der Waals surface area contributed by atoms with Crippen LogP contribution < -0.4 is 0 Å². The van der Waals surface area contributed by atoms with Crippen molar-refractivity contribution in [3.63, 3.8) is 0 Å². The molecule has 0 radical (unpaired) electrons. The second-order valence-corrected chi connectivity index (χ2v) is 15.8. The molecule has 0 bridgehead atoms. The first-order chi connectivity index (χ1) is 18.4. The van der Waals surface area contributed by atoms with Gasteiger partial charge in [0.25, 0.3) is 0 Å². The summed E-state index contributed by atoms with van der Waals surface area (Å²) in [6.07, 6.45) is 16.6. The summed E-state index contributed by atoms with van der Waals surface area (Å²) in [6.45, 7) is 12.3. The zero-order valence-electron chi connectivity index (χ0n) is 25.3. The molecule has 0 saturated heterocycles. The number of rotatable bonds is 12. The Labute approximate surface area is 246 Å². The lowest BCUT2D eigenvalue weighted by molar-refractivity contribution is -0.162. The number of hydrogen-bond donors (Lipinski definition) is 2. The first kappa shape index (κ1) is 31.1. The second-order valence-electron chi connectivity index (χ2n) is 15.1. The molecule has 9 atom stereocenters. The summed E-state index contributed by atoms with van der Waals surface area (Å²) in [6, 6.07) is 0. The van der Waals surface area contributed by atoms with Gasteiger partial charge in [0.05, 0.1) is 11.8 Å². The summed E-state index contributed by atoms with van der Waals surface area (Å²) in [5.41, 5.74) is 0.890. The van der Waals surface area contributed by atoms with Crippen LogP contribution in [-0.2, 0) is 9.59 Å². The Morgan fingerprint density at radius 2 is 1.77 bits per heavy atom. The third-order valence-electron chi connectivity index (χ3n) is 12.7. The summed E-state index contributed by atoms with van der Waals surface area (Å²) in [7, 11) is 0. The summed E-state index contributed by atoms with van der Waals surface area (Å²) in [5, 5.41) is 20.8. The number of allylic oxidation sites excluding steroid dienone is 2. The number of fused-ring (bicyclic) bond motifs is 5. The van der Waals surface area contributed by atoms with Gasteiger partial charge in [0.1, 0.15) is 0 Å². The highest BCUT2D eigenvalue weighted by Crippen LogP contribution is 2.68. The molecular weight excluding hydrogens is 552 g/mol. The van der Waals surface area contributed by atoms with E-state index < -0.39 is 17.4 Å². The van der Waals surface area contributed by atoms with Crippen LogP contribution in [0.4, 0.5) is 0 Å². The Morgan fingerprint density at radius 1 is 1.03 bits per heavy atom. The number of carboxylic acids is 2. The first-order valence-electron chi connectivity index (χ1n) is 16.1. The molecule has 4 aliphatic rings. The predicted molar refractivity (Wildman–Crippen MR) is 162 cm³/mol. The highest BCUT2D eigenvalue weighted by Gasteiger charge is 2.60. The van der Waals surface area contributed by atoms with Gasteiger partial charge in [0.15, 0.2) is 0 Å². The summed E-state index contributed by atoms with van der Waals surface area (Å²) in [5.74, 6) is 2.71. The Kier molecular flexibility index (Phi) is 9.71. The Balaban J connectivity index is 1.52. The van der Waals surface area contributed by atoms with E-state index in [-0.39, 0.29) is 17.8 Å². The zero-order valence-corrected chi connectivity index (χ0v) is 26.9. The molecule has 0 heterocycles. The van der Waals surface area contributed by atoms with Gasteiger partial charge < -0.3 is 10.2 Å². The minimum absolute atomic E-state index is 0.0996. The van der Waals surface area contributed by atoms with E-state index in [1.54, 1.807) is 0 Å². The van der Waals surface area contributed by atoms with Gasteiger partial charge in [-0.2, -0.15) is 0 Å². The molecule has 4 rings (SSSR count). The molecule has 3 fully saturated rings. The van der Waals surface area contributed by atoms with E-state index in [2.05, 4.69) is 56.6 Å². The molecule has 0 aliphatic heterocycles. The fourth-order valence-electron chi connectivity index (χ4n) is 10.6. The van der Waals surface area contributed by atoms with E-state index in [4.69, 9.17) is 0 Å². The number of aliphatic carboxylic acids is 2. The molecule has 5 heteroatoms. The molecule has 0 amide bonds. The molecule has 39 heavy (non-hydrogen) atoms. The molecule has 5 unspecified atom stereocenters. The summed E-state index contributed by atoms with van der Waals surface area (Å²) >= 11 is 3.45. The molecule has 4 aliphatic carbocycles. The van der Waals surface area contributed by atoms with Gasteiger partial charge in [0.2, 0.25) is 0 Å². The van der Waals surface area contributed by atoms with Gasteiger partial charge >= 0.3 is 11.9 Å². The van der Waals surface area contributed by atoms with Crippen molar-refractivity contribution in [3.8, 4) is 0 Å². The van der Waals surface area contributed by atoms with E-state index in [9.17, 15) is 19.8 Å². The van der Waals surface area contributed by atoms with E-state index in [1.807, 2.05) is 0 Å². The topological polar surface area (TPSA) is 74.6 Å². The molecule has 0 aromatic heterocycles. The van der Waals surface area contributed by atoms with Gasteiger partial charge in [-0.3, -0.25) is 9.59 Å². The molecular formula is C34H55BrO4. The summed E-state index contributed by atoms with van der Waals surface area (Å²) in [4.78, 5) is 24.5. The number of carboxylic acid groups (broad SMARTS) is 2. The maximum atomic E-state index is 12.7. The van der Waals surface area contributed by atoms with Crippen LogP contribution in [-0.4, -0.2) is 27.5 Å². The van der Waals surface area contributed by atoms with Gasteiger partial charge in [-0.25, -0.2) is 0 Å². The fourth-order valence-corrected chi connectivity index (χ4v) is 10.9. The van der Waals surface area contributed by atoms with Crippen LogP contribution in [0.25, 0.3) is 0 Å². The highest BCUT2D eigenvalue weighted by molar-refractivity contribution is 9.09. The van der Waals surface area contributed by atoms with Crippen molar-refractivity contribution in [2.24, 2.45) is 57.7 Å². The van der Waals surface area contributed by atoms with Gasteiger partial charge in [0, 0.05) is 5.33 Å². The van der Waals surface area contributed by atoms with E-state index in [1.165, 1.54) is 50.5 Å². The fraction of sp³-hybridized carbons (Fsp3) is 0.882. The standard InChI is InChI=1S/C34H55BrO4/c1-22(2)8-6-9-23(3)27-12-13-28-26-11-10-24-20-25(34(31(38)39,16-7-19-35)21-30(36)37)14-17-32(24,4)29(26)15-18-33(27,28)5/h10,22-23,25-29H,6-9,11-21H2,1-5H3,(H,36,37)(H,38,39)/t23-,25?,26?,27-,28?,29?,32+,33-,34?/m1/s1. The van der Waals surface area contributed by atoms with Crippen LogP contribution in [0.15, 0.2) is 11.6 Å². The van der Waals surface area contributed by atoms with Crippen molar-refractivity contribution in [1.82, 2.24) is 0 Å². The van der Waals surface area contributed by atoms with Gasteiger partial charge in [-0.15, -0.1) is 0 Å². The Morgan fingerprint density at radius 3 is 2.41 bits per heavy atom. The average molecular weight is 608 g/mol. The third-order valence-corrected chi connectivity index (χ3v) is 13.3. The lowest BCUT2D eigenvalue weighted by Gasteiger charge is -2.59. The first-order valence-corrected chi connectivity index (χ1v) is 17.2. The number of alkyl halides is 1. The van der Waals surface area contributed by atoms with Crippen molar-refractivity contribution in [2.75, 3.05) is 5.33 Å². The van der Waals surface area contributed by atoms with Crippen molar-refractivity contribution < 1.29 is 19.8 Å². The van der Waals surface area contributed by atoms with E-state index >= 15 is 0 Å². The lowest BCUT2D eigenvalue weighted by Crippen LogP contribution is -2.52. The maximum absolute atomic E-state index is 12.7. The van der Waals surface area contributed by atoms with Crippen LogP contribution in [0.3, 0.4) is 0 Å². The smallest absolute Gasteiger partial charge is 0.310 e. The largest absolute Gasteiger partial charge is 0.481 e. The lowest BCUT2D eigenvalue weighted by atomic mass is 9.45. The minimum Gasteiger partial charge on any atom is -0.481 e. The van der Waals surface area contributed by atoms with Crippen LogP contribution in [0.2, 0.25) is 0 Å². The van der Waals surface area contributed by atoms with Crippen LogP contribution >= 0.6 is 15.9 Å². The van der Waals surface area contributed by atoms with Gasteiger partial charge in [-0.05, 0) is 116 Å². The van der Waals surface area contributed by atoms with Crippen molar-refractivity contribution in [2.45, 2.75) is 125 Å². The Bertz CT molecular complexity index is 928. The predicted octanol–water partition coefficient (Wildman–Crippen LogP) is 9.36. The molecule has 0 aromatic rings. The SMILES string of the molecule is CC(C)CCC[C@@H](C)[C@H]1CCC2C3CC=C4CC(C(CCCBr)(CC(=O)O)C(=O)O)CC[C@]4(C)C3CC[C@@]21C. The molecule has 3 saturated carbocycles. The number of carbonyl (C=O) groups is 2. The van der Waals surface area contributed by atoms with Gasteiger partial charge in [-0.1, -0.05) is 81.5 Å². The van der Waals surface area contributed by atoms with E-state index in [0.717, 1.165) is 55.3 Å². The van der Waals surface area contributed by atoms with E-state index in [0.29, 0.717) is 29.5 Å².